The van der Waals surface area contributed by atoms with Gasteiger partial charge in [0.15, 0.2) is 0 Å². The number of halogens is 1. The lowest BCUT2D eigenvalue weighted by atomic mass is 10.0. The van der Waals surface area contributed by atoms with Crippen molar-refractivity contribution < 1.29 is 0 Å². The van der Waals surface area contributed by atoms with Gasteiger partial charge in [0.1, 0.15) is 5.65 Å². The predicted molar refractivity (Wildman–Crippen MR) is 84.4 cm³/mol. The molecule has 102 valence electrons. The monoisotopic (exact) mass is 284 g/mol. The third-order valence-electron chi connectivity index (χ3n) is 3.68. The lowest BCUT2D eigenvalue weighted by molar-refractivity contribution is 0.944. The average molecular weight is 285 g/mol. The molecule has 1 N–H and O–H groups in total. The van der Waals surface area contributed by atoms with Crippen LogP contribution in [0.15, 0.2) is 36.5 Å². The Morgan fingerprint density at radius 3 is 2.80 bits per heavy atom. The Morgan fingerprint density at radius 1 is 1.15 bits per heavy atom. The molecule has 0 saturated carbocycles. The van der Waals surface area contributed by atoms with Crippen molar-refractivity contribution in [3.05, 3.63) is 63.9 Å². The molecule has 0 amide bonds. The zero-order valence-corrected chi connectivity index (χ0v) is 12.5. The van der Waals surface area contributed by atoms with E-state index in [0.717, 1.165) is 29.2 Å². The van der Waals surface area contributed by atoms with E-state index < -0.39 is 0 Å². The number of pyridine rings is 1. The van der Waals surface area contributed by atoms with Crippen LogP contribution in [0.25, 0.3) is 11.0 Å². The number of rotatable bonds is 3. The van der Waals surface area contributed by atoms with Crippen LogP contribution < -0.4 is 0 Å². The van der Waals surface area contributed by atoms with Crippen molar-refractivity contribution in [3.8, 4) is 0 Å². The number of hydrogen-bond acceptors (Lipinski definition) is 1. The van der Waals surface area contributed by atoms with Crippen LogP contribution in [0.2, 0.25) is 5.02 Å². The van der Waals surface area contributed by atoms with E-state index in [1.54, 1.807) is 0 Å². The number of fused-ring (bicyclic) bond motifs is 1. The first-order valence-electron chi connectivity index (χ1n) is 6.82. The molecule has 2 aromatic heterocycles. The Bertz CT molecular complexity index is 739. The van der Waals surface area contributed by atoms with Gasteiger partial charge >= 0.3 is 0 Å². The third-order valence-corrected chi connectivity index (χ3v) is 4.03. The van der Waals surface area contributed by atoms with Crippen molar-refractivity contribution in [1.82, 2.24) is 9.97 Å². The van der Waals surface area contributed by atoms with Gasteiger partial charge in [-0.3, -0.25) is 0 Å². The summed E-state index contributed by atoms with van der Waals surface area (Å²) in [6.45, 7) is 4.16. The quantitative estimate of drug-likeness (QED) is 0.747. The van der Waals surface area contributed by atoms with E-state index in [-0.39, 0.29) is 0 Å². The van der Waals surface area contributed by atoms with Gasteiger partial charge in [0.25, 0.3) is 0 Å². The van der Waals surface area contributed by atoms with E-state index in [0.29, 0.717) is 0 Å². The van der Waals surface area contributed by atoms with E-state index in [1.807, 2.05) is 18.3 Å². The summed E-state index contributed by atoms with van der Waals surface area (Å²) in [5.74, 6) is 0. The molecular weight excluding hydrogens is 268 g/mol. The molecule has 0 fully saturated rings. The summed E-state index contributed by atoms with van der Waals surface area (Å²) < 4.78 is 0. The molecule has 0 bridgehead atoms. The van der Waals surface area contributed by atoms with Crippen molar-refractivity contribution in [2.75, 3.05) is 0 Å². The fraction of sp³-hybridized carbons (Fsp3) is 0.235. The molecule has 3 heteroatoms. The molecule has 3 rings (SSSR count). The zero-order valence-electron chi connectivity index (χ0n) is 11.7. The number of H-pyrrole nitrogens is 1. The second-order valence-electron chi connectivity index (χ2n) is 5.27. The zero-order chi connectivity index (χ0) is 14.1. The molecule has 0 spiro atoms. The van der Waals surface area contributed by atoms with Crippen molar-refractivity contribution >= 4 is 22.6 Å². The van der Waals surface area contributed by atoms with Gasteiger partial charge in [-0.25, -0.2) is 4.98 Å². The number of nitrogens with zero attached hydrogens (tertiary/aromatic N) is 1. The van der Waals surface area contributed by atoms with Gasteiger partial charge in [0.2, 0.25) is 0 Å². The summed E-state index contributed by atoms with van der Waals surface area (Å²) in [5, 5.41) is 2.03. The summed E-state index contributed by atoms with van der Waals surface area (Å²) in [4.78, 5) is 7.72. The second kappa shape index (κ2) is 5.29. The summed E-state index contributed by atoms with van der Waals surface area (Å²) >= 11 is 6.27. The van der Waals surface area contributed by atoms with Gasteiger partial charge in [-0.15, -0.1) is 0 Å². The third kappa shape index (κ3) is 2.56. The molecule has 0 atom stereocenters. The Labute approximate surface area is 123 Å². The fourth-order valence-electron chi connectivity index (χ4n) is 2.59. The minimum atomic E-state index is 0.858. The van der Waals surface area contributed by atoms with Gasteiger partial charge < -0.3 is 4.98 Å². The molecule has 3 aromatic rings. The van der Waals surface area contributed by atoms with Crippen LogP contribution in [0, 0.1) is 13.8 Å². The average Bonchev–Trinajstić information content (AvgIpc) is 2.77. The Hall–Kier alpha value is -1.80. The van der Waals surface area contributed by atoms with Crippen LogP contribution in [0.3, 0.4) is 0 Å². The van der Waals surface area contributed by atoms with E-state index in [2.05, 4.69) is 42.0 Å². The van der Waals surface area contributed by atoms with Gasteiger partial charge in [-0.2, -0.15) is 0 Å². The lowest BCUT2D eigenvalue weighted by Crippen LogP contribution is -1.96. The Kier molecular flexibility index (Phi) is 3.49. The van der Waals surface area contributed by atoms with Crippen LogP contribution >= 0.6 is 11.6 Å². The van der Waals surface area contributed by atoms with E-state index in [9.17, 15) is 0 Å². The normalized spacial score (nSPS) is 11.2. The van der Waals surface area contributed by atoms with Crippen molar-refractivity contribution in [2.24, 2.45) is 0 Å². The smallest absolute Gasteiger partial charge is 0.137 e. The minimum absolute atomic E-state index is 0.858. The molecule has 20 heavy (non-hydrogen) atoms. The number of benzene rings is 1. The Balaban J connectivity index is 1.83. The highest BCUT2D eigenvalue weighted by Gasteiger charge is 2.06. The molecule has 0 aliphatic carbocycles. The first-order chi connectivity index (χ1) is 9.63. The molecule has 0 saturated heterocycles. The highest BCUT2D eigenvalue weighted by atomic mass is 35.5. The standard InChI is InChI=1S/C17H17ClN2/c1-11-4-3-5-16(18)15(11)7-6-13-9-14-8-12(2)20-17(14)19-10-13/h3-5,8-10H,6-7H2,1-2H3,(H,19,20). The van der Waals surface area contributed by atoms with Crippen LogP contribution in [0.4, 0.5) is 0 Å². The molecule has 1 aromatic carbocycles. The van der Waals surface area contributed by atoms with Crippen molar-refractivity contribution in [1.29, 1.82) is 0 Å². The summed E-state index contributed by atoms with van der Waals surface area (Å²) in [5.41, 5.74) is 5.84. The molecule has 2 heterocycles. The van der Waals surface area contributed by atoms with E-state index in [1.165, 1.54) is 22.1 Å². The maximum Gasteiger partial charge on any atom is 0.137 e. The summed E-state index contributed by atoms with van der Waals surface area (Å²) in [6.07, 6.45) is 3.85. The van der Waals surface area contributed by atoms with Gasteiger partial charge in [-0.1, -0.05) is 23.7 Å². The summed E-state index contributed by atoms with van der Waals surface area (Å²) in [6, 6.07) is 10.4. The van der Waals surface area contributed by atoms with Crippen LogP contribution in [-0.4, -0.2) is 9.97 Å². The number of hydrogen-bond donors (Lipinski definition) is 1. The molecular formula is C17H17ClN2. The molecule has 0 aliphatic heterocycles. The molecule has 0 radical (unpaired) electrons. The lowest BCUT2D eigenvalue weighted by Gasteiger charge is -2.08. The minimum Gasteiger partial charge on any atom is -0.344 e. The molecule has 0 unspecified atom stereocenters. The second-order valence-corrected chi connectivity index (χ2v) is 5.68. The van der Waals surface area contributed by atoms with Crippen LogP contribution in [-0.2, 0) is 12.8 Å². The largest absolute Gasteiger partial charge is 0.344 e. The van der Waals surface area contributed by atoms with Crippen molar-refractivity contribution in [3.63, 3.8) is 0 Å². The number of aryl methyl sites for hydroxylation is 3. The Morgan fingerprint density at radius 2 is 2.00 bits per heavy atom. The van der Waals surface area contributed by atoms with Gasteiger partial charge in [0.05, 0.1) is 0 Å². The van der Waals surface area contributed by atoms with Gasteiger partial charge in [0, 0.05) is 22.3 Å². The van der Waals surface area contributed by atoms with E-state index >= 15 is 0 Å². The van der Waals surface area contributed by atoms with Crippen molar-refractivity contribution in [2.45, 2.75) is 26.7 Å². The number of aromatic amines is 1. The molecule has 2 nitrogen and oxygen atoms in total. The molecule has 0 aliphatic rings. The van der Waals surface area contributed by atoms with Crippen LogP contribution in [0.1, 0.15) is 22.4 Å². The number of nitrogens with one attached hydrogen (secondary N) is 1. The first kappa shape index (κ1) is 13.2. The topological polar surface area (TPSA) is 28.7 Å². The highest BCUT2D eigenvalue weighted by molar-refractivity contribution is 6.31. The van der Waals surface area contributed by atoms with Gasteiger partial charge in [-0.05, 0) is 61.6 Å². The van der Waals surface area contributed by atoms with Crippen LogP contribution in [0.5, 0.6) is 0 Å². The maximum atomic E-state index is 6.27. The van der Waals surface area contributed by atoms with E-state index in [4.69, 9.17) is 11.6 Å². The SMILES string of the molecule is Cc1cc2cc(CCc3c(C)cccc3Cl)cnc2[nH]1. The summed E-state index contributed by atoms with van der Waals surface area (Å²) in [7, 11) is 0. The predicted octanol–water partition coefficient (Wildman–Crippen LogP) is 4.62. The number of aromatic nitrogens is 2. The first-order valence-corrected chi connectivity index (χ1v) is 7.19. The maximum absolute atomic E-state index is 6.27. The fourth-order valence-corrected chi connectivity index (χ4v) is 2.90. The highest BCUT2D eigenvalue weighted by Crippen LogP contribution is 2.22.